The topological polar surface area (TPSA) is 75.4 Å². The summed E-state index contributed by atoms with van der Waals surface area (Å²) in [6.45, 7) is 1.56. The fraction of sp³-hybridized carbons (Fsp3) is 0.548. The molecule has 2 amide bonds. The van der Waals surface area contributed by atoms with E-state index in [0.717, 1.165) is 55.3 Å². The Hall–Kier alpha value is -2.37. The maximum atomic E-state index is 13.8. The van der Waals surface area contributed by atoms with Gasteiger partial charge in [-0.25, -0.2) is 0 Å². The minimum Gasteiger partial charge on any atom is -0.344 e. The van der Waals surface area contributed by atoms with E-state index in [9.17, 15) is 9.59 Å². The highest BCUT2D eigenvalue weighted by Crippen LogP contribution is 2.36. The number of rotatable bonds is 6. The van der Waals surface area contributed by atoms with Crippen LogP contribution in [0.2, 0.25) is 5.02 Å². The number of hydrogen-bond acceptors (Lipinski definition) is 3. The average Bonchev–Trinajstić information content (AvgIpc) is 2.94. The smallest absolute Gasteiger partial charge is 0.245 e. The lowest BCUT2D eigenvalue weighted by molar-refractivity contribution is -0.139. The number of halogens is 1. The second-order valence-electron chi connectivity index (χ2n) is 11.3. The van der Waals surface area contributed by atoms with Crippen LogP contribution in [0.4, 0.5) is 0 Å². The van der Waals surface area contributed by atoms with Crippen molar-refractivity contribution in [3.8, 4) is 0 Å². The molecule has 5 rings (SSSR count). The third-order valence-electron chi connectivity index (χ3n) is 9.04. The highest BCUT2D eigenvalue weighted by molar-refractivity contribution is 6.30. The van der Waals surface area contributed by atoms with Gasteiger partial charge in [-0.1, -0.05) is 80.1 Å². The number of nitrogens with zero attached hydrogens (tertiary/aromatic N) is 1. The maximum absolute atomic E-state index is 13.8. The molecule has 2 aromatic carbocycles. The molecular formula is C31H40ClN3O2. The van der Waals surface area contributed by atoms with Gasteiger partial charge in [0, 0.05) is 30.6 Å². The zero-order valence-electron chi connectivity index (χ0n) is 21.7. The van der Waals surface area contributed by atoms with E-state index < -0.39 is 6.04 Å². The van der Waals surface area contributed by atoms with Crippen molar-refractivity contribution in [2.75, 3.05) is 13.1 Å². The lowest BCUT2D eigenvalue weighted by Crippen LogP contribution is -2.54. The number of piperidine rings is 1. The van der Waals surface area contributed by atoms with E-state index >= 15 is 0 Å². The van der Waals surface area contributed by atoms with Gasteiger partial charge in [-0.05, 0) is 66.3 Å². The molecule has 2 aliphatic carbocycles. The van der Waals surface area contributed by atoms with E-state index in [-0.39, 0.29) is 23.8 Å². The Kier molecular flexibility index (Phi) is 8.51. The van der Waals surface area contributed by atoms with Crippen molar-refractivity contribution in [1.82, 2.24) is 10.2 Å². The molecule has 198 valence electrons. The molecular weight excluding hydrogens is 482 g/mol. The second kappa shape index (κ2) is 12.0. The SMILES string of the molecule is NC1c2ccccc2CCC1C(=O)N[C@H](Cc1ccc(Cl)cc1)C(=O)N1CCC(C2CCCCC2)CC1. The first kappa shape index (κ1) is 26.2. The highest BCUT2D eigenvalue weighted by Gasteiger charge is 2.36. The number of amides is 2. The third kappa shape index (κ3) is 6.21. The number of nitrogens with two attached hydrogens (primary N) is 1. The first-order valence-corrected chi connectivity index (χ1v) is 14.5. The number of fused-ring (bicyclic) bond motifs is 1. The molecule has 0 bridgehead atoms. The summed E-state index contributed by atoms with van der Waals surface area (Å²) in [7, 11) is 0. The second-order valence-corrected chi connectivity index (χ2v) is 11.8. The van der Waals surface area contributed by atoms with Gasteiger partial charge in [0.15, 0.2) is 0 Å². The van der Waals surface area contributed by atoms with Crippen LogP contribution in [0.3, 0.4) is 0 Å². The van der Waals surface area contributed by atoms with E-state index in [1.54, 1.807) is 0 Å². The zero-order valence-corrected chi connectivity index (χ0v) is 22.5. The molecule has 2 fully saturated rings. The summed E-state index contributed by atoms with van der Waals surface area (Å²) in [5, 5.41) is 3.80. The Bertz CT molecular complexity index is 1070. The first-order valence-electron chi connectivity index (χ1n) is 14.2. The van der Waals surface area contributed by atoms with E-state index in [1.807, 2.05) is 47.4 Å². The van der Waals surface area contributed by atoms with Gasteiger partial charge in [0.2, 0.25) is 11.8 Å². The van der Waals surface area contributed by atoms with Crippen LogP contribution in [-0.2, 0) is 22.4 Å². The fourth-order valence-corrected chi connectivity index (χ4v) is 6.97. The molecule has 2 unspecified atom stereocenters. The molecule has 3 atom stereocenters. The van der Waals surface area contributed by atoms with Crippen molar-refractivity contribution in [2.45, 2.75) is 76.3 Å². The van der Waals surface area contributed by atoms with Crippen LogP contribution in [0.1, 0.15) is 74.1 Å². The lowest BCUT2D eigenvalue weighted by atomic mass is 9.76. The normalized spacial score (nSPS) is 23.8. The predicted octanol–water partition coefficient (Wildman–Crippen LogP) is 5.45. The largest absolute Gasteiger partial charge is 0.344 e. The van der Waals surface area contributed by atoms with Gasteiger partial charge in [-0.2, -0.15) is 0 Å². The Morgan fingerprint density at radius 2 is 1.59 bits per heavy atom. The molecule has 3 aliphatic rings. The standard InChI is InChI=1S/C31H40ClN3O2/c32-25-13-10-21(11-14-25)20-28(31(37)35-18-16-23(17-19-35)22-6-2-1-3-7-22)34-30(36)27-15-12-24-8-4-5-9-26(24)29(27)33/h4-5,8-11,13-14,22-23,27-29H,1-3,6-7,12,15-20,33H2,(H,34,36)/t27?,28-,29?/m1/s1. The third-order valence-corrected chi connectivity index (χ3v) is 9.30. The van der Waals surface area contributed by atoms with Crippen LogP contribution in [-0.4, -0.2) is 35.8 Å². The molecule has 1 aliphatic heterocycles. The number of carbonyl (C=O) groups is 2. The summed E-state index contributed by atoms with van der Waals surface area (Å²) in [5.41, 5.74) is 9.81. The van der Waals surface area contributed by atoms with Crippen molar-refractivity contribution in [1.29, 1.82) is 0 Å². The van der Waals surface area contributed by atoms with Crippen LogP contribution in [0.25, 0.3) is 0 Å². The molecule has 1 saturated heterocycles. The van der Waals surface area contributed by atoms with E-state index in [4.69, 9.17) is 17.3 Å². The monoisotopic (exact) mass is 521 g/mol. The molecule has 6 heteroatoms. The Labute approximate surface area is 226 Å². The van der Waals surface area contributed by atoms with Crippen molar-refractivity contribution in [3.05, 3.63) is 70.2 Å². The van der Waals surface area contributed by atoms with Crippen molar-refractivity contribution >= 4 is 23.4 Å². The minimum absolute atomic E-state index is 0.0233. The molecule has 0 aromatic heterocycles. The Morgan fingerprint density at radius 1 is 0.919 bits per heavy atom. The van der Waals surface area contributed by atoms with Gasteiger partial charge in [-0.15, -0.1) is 0 Å². The van der Waals surface area contributed by atoms with Gasteiger partial charge in [-0.3, -0.25) is 9.59 Å². The minimum atomic E-state index is -0.607. The highest BCUT2D eigenvalue weighted by atomic mass is 35.5. The molecule has 1 heterocycles. The molecule has 5 nitrogen and oxygen atoms in total. The molecule has 3 N–H and O–H groups in total. The number of likely N-dealkylation sites (tertiary alicyclic amines) is 1. The summed E-state index contributed by atoms with van der Waals surface area (Å²) < 4.78 is 0. The summed E-state index contributed by atoms with van der Waals surface area (Å²) in [6.07, 6.45) is 10.9. The zero-order chi connectivity index (χ0) is 25.8. The lowest BCUT2D eigenvalue weighted by Gasteiger charge is -2.39. The summed E-state index contributed by atoms with van der Waals surface area (Å²) >= 11 is 6.09. The van der Waals surface area contributed by atoms with Crippen LogP contribution in [0.15, 0.2) is 48.5 Å². The van der Waals surface area contributed by atoms with Gasteiger partial charge >= 0.3 is 0 Å². The van der Waals surface area contributed by atoms with Gasteiger partial charge in [0.05, 0.1) is 5.92 Å². The first-order chi connectivity index (χ1) is 18.0. The molecule has 2 aromatic rings. The summed E-state index contributed by atoms with van der Waals surface area (Å²) in [4.78, 5) is 29.3. The fourth-order valence-electron chi connectivity index (χ4n) is 6.84. The van der Waals surface area contributed by atoms with Crippen LogP contribution in [0.5, 0.6) is 0 Å². The maximum Gasteiger partial charge on any atom is 0.245 e. The van der Waals surface area contributed by atoms with Gasteiger partial charge in [0.25, 0.3) is 0 Å². The van der Waals surface area contributed by atoms with Crippen LogP contribution >= 0.6 is 11.6 Å². The van der Waals surface area contributed by atoms with E-state index in [0.29, 0.717) is 17.9 Å². The van der Waals surface area contributed by atoms with Crippen LogP contribution < -0.4 is 11.1 Å². The summed E-state index contributed by atoms with van der Waals surface area (Å²) in [6, 6.07) is 14.7. The number of aryl methyl sites for hydroxylation is 1. The Balaban J connectivity index is 1.27. The number of benzene rings is 2. The average molecular weight is 522 g/mol. The number of carbonyl (C=O) groups excluding carboxylic acids is 2. The van der Waals surface area contributed by atoms with Crippen molar-refractivity contribution in [3.63, 3.8) is 0 Å². The number of hydrogen-bond donors (Lipinski definition) is 2. The summed E-state index contributed by atoms with van der Waals surface area (Å²) in [5.74, 6) is 1.12. The van der Waals surface area contributed by atoms with Gasteiger partial charge in [0.1, 0.15) is 6.04 Å². The molecule has 0 radical (unpaired) electrons. The quantitative estimate of drug-likeness (QED) is 0.531. The van der Waals surface area contributed by atoms with E-state index in [1.165, 1.54) is 37.7 Å². The molecule has 1 saturated carbocycles. The van der Waals surface area contributed by atoms with Crippen LogP contribution in [0, 0.1) is 17.8 Å². The Morgan fingerprint density at radius 3 is 2.32 bits per heavy atom. The number of nitrogens with one attached hydrogen (secondary N) is 1. The van der Waals surface area contributed by atoms with E-state index in [2.05, 4.69) is 11.4 Å². The molecule has 0 spiro atoms. The van der Waals surface area contributed by atoms with Gasteiger partial charge < -0.3 is 16.0 Å². The molecule has 37 heavy (non-hydrogen) atoms. The predicted molar refractivity (Wildman–Crippen MR) is 148 cm³/mol. The van der Waals surface area contributed by atoms with Crippen molar-refractivity contribution in [2.24, 2.45) is 23.5 Å². The van der Waals surface area contributed by atoms with Crippen molar-refractivity contribution < 1.29 is 9.59 Å².